The number of ether oxygens (including phenoxy) is 9. The molecule has 0 aromatic heterocycles. The van der Waals surface area contributed by atoms with Gasteiger partial charge in [0.25, 0.3) is 0 Å². The minimum absolute atomic E-state index is 0.0181. The van der Waals surface area contributed by atoms with Crippen molar-refractivity contribution in [2.75, 3.05) is 225 Å². The predicted octanol–water partition coefficient (Wildman–Crippen LogP) is -8.91. The standard InChI is InChI=1S/C35H61N5O21.C24H47N5O9.2CO2/c1-37-6-8-39(19-22(42)43)9-11-40(10-7-37)20(32(49)50)3-4-21(41)36-5-12-55-13-14-56-15-16-57-17-18-58-38(2)31-26(47)25(46)28(30(59-31)34(53)54)60-35-27(48)23(44)24(45)29(61-35)33(51)52;1-25-38-19-18-37-17-16-36-14-3-13-35-15-6-26-22(30)5-4-21(24(33)34)29-11-8-27(2)7-9-28(10-12-29)20-23(31)32;2*2-1-3/h20,23-31,35,44-48H,3-19H2,1-2H3,(H,36,41)(H,42,43)(H,49,50)(H,51,52)(H,53,54);21,25H,3-20H2,1-2H3,(H,26,30)(H,31,32)(H,33,34);;. The number of aliphatic carboxylic acids is 6. The van der Waals surface area contributed by atoms with Gasteiger partial charge in [-0.2, -0.15) is 24.2 Å². The molecule has 12 atom stereocenters. The molecule has 14 N–H and O–H groups in total. The number of rotatable bonds is 46. The van der Waals surface area contributed by atoms with Crippen molar-refractivity contribution >= 4 is 59.9 Å². The van der Waals surface area contributed by atoms with Crippen LogP contribution in [0, 0.1) is 0 Å². The van der Waals surface area contributed by atoms with Gasteiger partial charge < -0.3 is 119 Å². The second-order valence-corrected chi connectivity index (χ2v) is 23.7. The second kappa shape index (κ2) is 57.7. The summed E-state index contributed by atoms with van der Waals surface area (Å²) in [7, 11) is 6.80. The summed E-state index contributed by atoms with van der Waals surface area (Å²) in [5, 5.41) is 115. The summed E-state index contributed by atoms with van der Waals surface area (Å²) in [4.78, 5) is 149. The van der Waals surface area contributed by atoms with Crippen LogP contribution < -0.4 is 16.1 Å². The number of nitrogens with one attached hydrogen (secondary N) is 3. The van der Waals surface area contributed by atoms with Crippen molar-refractivity contribution in [3.8, 4) is 0 Å². The lowest BCUT2D eigenvalue weighted by Crippen LogP contribution is -2.67. The molecule has 44 heteroatoms. The molecular formula is C61H108N10O34. The molecule has 0 bridgehead atoms. The van der Waals surface area contributed by atoms with Gasteiger partial charge in [0, 0.05) is 132 Å². The number of nitrogens with zero attached hydrogens (tertiary/aromatic N) is 7. The number of likely N-dealkylation sites (N-methyl/N-ethyl adjacent to an activating group) is 3. The van der Waals surface area contributed by atoms with E-state index < -0.39 is 109 Å². The molecule has 0 saturated carbocycles. The van der Waals surface area contributed by atoms with Crippen LogP contribution in [0.2, 0.25) is 0 Å². The Labute approximate surface area is 605 Å². The van der Waals surface area contributed by atoms with E-state index in [2.05, 4.69) is 21.0 Å². The number of carboxylic acid groups (broad SMARTS) is 6. The molecule has 44 nitrogen and oxygen atoms in total. The van der Waals surface area contributed by atoms with Crippen LogP contribution in [0.5, 0.6) is 0 Å². The average molecular weight is 1530 g/mol. The molecule has 12 unspecified atom stereocenters. The van der Waals surface area contributed by atoms with Gasteiger partial charge in [-0.25, -0.2) is 15.1 Å². The number of carbonyl (C=O) groups excluding carboxylic acids is 6. The Bertz CT molecular complexity index is 2520. The zero-order chi connectivity index (χ0) is 78.7. The molecule has 4 heterocycles. The Balaban J connectivity index is 0.00000107. The fraction of sp³-hybridized carbons (Fsp3) is 0.836. The lowest BCUT2D eigenvalue weighted by Gasteiger charge is -2.46. The van der Waals surface area contributed by atoms with Crippen LogP contribution in [0.25, 0.3) is 0 Å². The van der Waals surface area contributed by atoms with E-state index in [-0.39, 0.29) is 116 Å². The normalized spacial score (nSPS) is 23.8. The summed E-state index contributed by atoms with van der Waals surface area (Å²) in [6.07, 6.45) is -18.1. The molecule has 4 aliphatic rings. The first-order valence-corrected chi connectivity index (χ1v) is 33.7. The van der Waals surface area contributed by atoms with Crippen molar-refractivity contribution in [1.29, 1.82) is 0 Å². The quantitative estimate of drug-likeness (QED) is 0.0199. The average Bonchev–Trinajstić information content (AvgIpc) is 0.939. The number of aliphatic hydroxyl groups excluding tert-OH is 5. The van der Waals surface area contributed by atoms with Crippen molar-refractivity contribution in [2.24, 2.45) is 0 Å². The number of hydroxylamine groups is 3. The molecule has 0 aromatic rings. The predicted molar refractivity (Wildman–Crippen MR) is 349 cm³/mol. The summed E-state index contributed by atoms with van der Waals surface area (Å²) < 4.78 is 48.3. The van der Waals surface area contributed by atoms with Crippen LogP contribution in [0.1, 0.15) is 32.1 Å². The highest BCUT2D eigenvalue weighted by atomic mass is 16.7. The summed E-state index contributed by atoms with van der Waals surface area (Å²) in [5.74, 6) is -7.84. The van der Waals surface area contributed by atoms with Crippen molar-refractivity contribution in [3.05, 3.63) is 0 Å². The van der Waals surface area contributed by atoms with Crippen LogP contribution >= 0.6 is 0 Å². The van der Waals surface area contributed by atoms with Gasteiger partial charge in [-0.3, -0.25) is 58.0 Å². The smallest absolute Gasteiger partial charge is 0.373 e. The van der Waals surface area contributed by atoms with Crippen molar-refractivity contribution < 1.29 is 166 Å². The van der Waals surface area contributed by atoms with Gasteiger partial charge in [0.05, 0.1) is 92.4 Å². The van der Waals surface area contributed by atoms with Gasteiger partial charge in [-0.15, -0.1) is 0 Å². The van der Waals surface area contributed by atoms with E-state index in [9.17, 15) is 89.4 Å². The highest BCUT2D eigenvalue weighted by Gasteiger charge is 2.54. The van der Waals surface area contributed by atoms with E-state index >= 15 is 0 Å². The number of carbonyl (C=O) groups is 8. The zero-order valence-electron chi connectivity index (χ0n) is 59.6. The van der Waals surface area contributed by atoms with Crippen molar-refractivity contribution in [1.82, 2.24) is 50.6 Å². The first-order valence-electron chi connectivity index (χ1n) is 33.7. The number of aliphatic hydroxyl groups is 5. The molecule has 4 saturated heterocycles. The molecule has 2 amide bonds. The SMILES string of the molecule is CN1CCN(CC(=O)O)CCN(C(CCC(=O)NCCOCCOCCOCCON(C)C2OC(C(=O)O)C(OC3OC(C(=O)O)C(O)C(O)C3O)C(O)C2O)C(=O)O)CC1.CNOCCOCCOCCCOCCNC(=O)CCC(C(=O)O)N1CCN(C)CCN(CC(=O)O)CC1.O=C=O.O=C=O. The molecule has 0 spiro atoms. The maximum atomic E-state index is 12.4. The molecule has 0 radical (unpaired) electrons. The third kappa shape index (κ3) is 42.0. The summed E-state index contributed by atoms with van der Waals surface area (Å²) in [5.41, 5.74) is 2.56. The molecule has 105 heavy (non-hydrogen) atoms. The Kier molecular flexibility index (Phi) is 53.1. The molecule has 4 rings (SSSR count). The van der Waals surface area contributed by atoms with E-state index in [0.29, 0.717) is 131 Å². The van der Waals surface area contributed by atoms with E-state index in [1.54, 1.807) is 16.8 Å². The fourth-order valence-corrected chi connectivity index (χ4v) is 10.5. The lowest BCUT2D eigenvalue weighted by molar-refractivity contribution is -0.358. The van der Waals surface area contributed by atoms with Gasteiger partial charge in [0.2, 0.25) is 11.8 Å². The third-order valence-electron chi connectivity index (χ3n) is 16.1. The number of hydrogen-bond acceptors (Lipinski definition) is 36. The summed E-state index contributed by atoms with van der Waals surface area (Å²) in [6.45, 7) is 11.0. The topological polar surface area (TPSA) is 588 Å². The number of amides is 2. The van der Waals surface area contributed by atoms with E-state index in [1.807, 2.05) is 28.8 Å². The van der Waals surface area contributed by atoms with E-state index in [1.165, 1.54) is 7.05 Å². The monoisotopic (exact) mass is 1520 g/mol. The molecule has 0 aliphatic carbocycles. The van der Waals surface area contributed by atoms with Gasteiger partial charge in [0.1, 0.15) is 48.7 Å². The summed E-state index contributed by atoms with van der Waals surface area (Å²) >= 11 is 0. The zero-order valence-corrected chi connectivity index (χ0v) is 59.6. The van der Waals surface area contributed by atoms with Crippen LogP contribution in [0.15, 0.2) is 0 Å². The molecular weight excluding hydrogens is 1420 g/mol. The first kappa shape index (κ1) is 96.6. The third-order valence-corrected chi connectivity index (χ3v) is 16.1. The van der Waals surface area contributed by atoms with E-state index in [0.717, 1.165) is 11.5 Å². The molecule has 4 aliphatic heterocycles. The minimum atomic E-state index is -2.07. The first-order chi connectivity index (χ1) is 50.1. The number of hydrogen-bond donors (Lipinski definition) is 14. The Hall–Kier alpha value is -6.44. The minimum Gasteiger partial charge on any atom is -0.480 e. The van der Waals surface area contributed by atoms with Gasteiger partial charge >= 0.3 is 48.1 Å². The Morgan fingerprint density at radius 2 is 0.857 bits per heavy atom. The Morgan fingerprint density at radius 1 is 0.476 bits per heavy atom. The molecule has 0 aromatic carbocycles. The van der Waals surface area contributed by atoms with Crippen molar-refractivity contribution in [2.45, 2.75) is 106 Å². The van der Waals surface area contributed by atoms with Gasteiger partial charge in [0.15, 0.2) is 24.7 Å². The van der Waals surface area contributed by atoms with Gasteiger partial charge in [-0.05, 0) is 33.4 Å². The summed E-state index contributed by atoms with van der Waals surface area (Å²) in [6, 6.07) is -1.72. The van der Waals surface area contributed by atoms with Crippen LogP contribution in [0.4, 0.5) is 0 Å². The molecule has 606 valence electrons. The van der Waals surface area contributed by atoms with Crippen LogP contribution in [0.3, 0.4) is 0 Å². The number of carboxylic acids is 6. The largest absolute Gasteiger partial charge is 0.480 e. The van der Waals surface area contributed by atoms with E-state index in [4.69, 9.17) is 76.6 Å². The van der Waals surface area contributed by atoms with Gasteiger partial charge in [-0.1, -0.05) is 0 Å². The van der Waals surface area contributed by atoms with Crippen molar-refractivity contribution in [3.63, 3.8) is 0 Å². The van der Waals surface area contributed by atoms with Crippen LogP contribution in [-0.2, 0) is 110 Å². The maximum absolute atomic E-state index is 12.4. The lowest BCUT2D eigenvalue weighted by atomic mass is 9.96. The van der Waals surface area contributed by atoms with Crippen LogP contribution in [-0.4, -0.2) is 449 Å². The second-order valence-electron chi connectivity index (χ2n) is 23.7. The fourth-order valence-electron chi connectivity index (χ4n) is 10.5. The highest BCUT2D eigenvalue weighted by molar-refractivity contribution is 5.79. The Morgan fingerprint density at radius 3 is 1.28 bits per heavy atom. The molecule has 4 fully saturated rings. The maximum Gasteiger partial charge on any atom is 0.373 e. The highest BCUT2D eigenvalue weighted by Crippen LogP contribution is 2.31.